The molecule has 1 aromatic heterocycles. The van der Waals surface area contributed by atoms with Crippen LogP contribution < -0.4 is 10.6 Å². The van der Waals surface area contributed by atoms with Gasteiger partial charge in [0, 0.05) is 0 Å². The lowest BCUT2D eigenvalue weighted by molar-refractivity contribution is 0.247. The minimum atomic E-state index is -0.466. The van der Waals surface area contributed by atoms with Crippen LogP contribution in [0.25, 0.3) is 0 Å². The van der Waals surface area contributed by atoms with Gasteiger partial charge in [-0.2, -0.15) is 10.1 Å². The van der Waals surface area contributed by atoms with E-state index < -0.39 is 11.6 Å². The standard InChI is InChI=1S/C12H12FN5O/c13-9-3-1-2-8(6-9)12(4-5-12)17-11(19)16-10-14-7-15-18-10/h1-3,6-7H,4-5H2,(H3,14,15,16,17,18,19). The number of carbonyl (C=O) groups excluding carboxylic acids is 1. The fourth-order valence-electron chi connectivity index (χ4n) is 2.02. The molecule has 19 heavy (non-hydrogen) atoms. The molecule has 98 valence electrons. The van der Waals surface area contributed by atoms with Crippen molar-refractivity contribution in [2.75, 3.05) is 5.32 Å². The van der Waals surface area contributed by atoms with E-state index in [0.29, 0.717) is 0 Å². The Balaban J connectivity index is 1.70. The highest BCUT2D eigenvalue weighted by atomic mass is 19.1. The summed E-state index contributed by atoms with van der Waals surface area (Å²) in [6.45, 7) is 0. The number of anilines is 1. The van der Waals surface area contributed by atoms with Crippen molar-refractivity contribution in [3.8, 4) is 0 Å². The molecule has 1 saturated carbocycles. The molecule has 1 aliphatic rings. The van der Waals surface area contributed by atoms with Gasteiger partial charge < -0.3 is 5.32 Å². The molecular weight excluding hydrogens is 249 g/mol. The van der Waals surface area contributed by atoms with Crippen LogP contribution >= 0.6 is 0 Å². The van der Waals surface area contributed by atoms with Gasteiger partial charge in [0.05, 0.1) is 5.54 Å². The third kappa shape index (κ3) is 2.40. The summed E-state index contributed by atoms with van der Waals surface area (Å²) in [5.74, 6) is -0.0336. The molecular formula is C12H12FN5O. The van der Waals surface area contributed by atoms with Gasteiger partial charge in [-0.15, -0.1) is 0 Å². The van der Waals surface area contributed by atoms with Gasteiger partial charge in [0.2, 0.25) is 5.95 Å². The first kappa shape index (κ1) is 11.6. The van der Waals surface area contributed by atoms with Gasteiger partial charge in [-0.3, -0.25) is 5.32 Å². The largest absolute Gasteiger partial charge is 0.328 e. The number of hydrogen-bond acceptors (Lipinski definition) is 3. The van der Waals surface area contributed by atoms with Gasteiger partial charge in [0.15, 0.2) is 0 Å². The third-order valence-corrected chi connectivity index (χ3v) is 3.13. The Kier molecular flexibility index (Phi) is 2.66. The third-order valence-electron chi connectivity index (χ3n) is 3.13. The number of amides is 2. The van der Waals surface area contributed by atoms with Crippen molar-refractivity contribution in [2.24, 2.45) is 0 Å². The number of hydrogen-bond donors (Lipinski definition) is 3. The fraction of sp³-hybridized carbons (Fsp3) is 0.250. The maximum absolute atomic E-state index is 13.2. The predicted octanol–water partition coefficient (Wildman–Crippen LogP) is 1.75. The summed E-state index contributed by atoms with van der Waals surface area (Å²) in [5, 5.41) is 11.5. The van der Waals surface area contributed by atoms with Crippen molar-refractivity contribution >= 4 is 12.0 Å². The molecule has 2 aromatic rings. The zero-order chi connectivity index (χ0) is 13.3. The fourth-order valence-corrected chi connectivity index (χ4v) is 2.02. The van der Waals surface area contributed by atoms with Crippen molar-refractivity contribution in [1.29, 1.82) is 0 Å². The molecule has 0 aliphatic heterocycles. The van der Waals surface area contributed by atoms with E-state index >= 15 is 0 Å². The number of aromatic amines is 1. The Morgan fingerprint density at radius 1 is 1.42 bits per heavy atom. The summed E-state index contributed by atoms with van der Waals surface area (Å²) in [4.78, 5) is 15.6. The van der Waals surface area contributed by atoms with Gasteiger partial charge in [-0.05, 0) is 30.5 Å². The molecule has 0 bridgehead atoms. The van der Waals surface area contributed by atoms with E-state index in [1.165, 1.54) is 18.5 Å². The molecule has 0 radical (unpaired) electrons. The lowest BCUT2D eigenvalue weighted by Crippen LogP contribution is -2.38. The van der Waals surface area contributed by atoms with Crippen LogP contribution in [0.1, 0.15) is 18.4 Å². The van der Waals surface area contributed by atoms with Crippen LogP contribution in [0.15, 0.2) is 30.6 Å². The molecule has 0 unspecified atom stereocenters. The minimum absolute atomic E-state index is 0.271. The quantitative estimate of drug-likeness (QED) is 0.787. The molecule has 0 spiro atoms. The molecule has 2 amide bonds. The number of halogens is 1. The summed E-state index contributed by atoms with van der Waals surface area (Å²) in [6, 6.07) is 5.89. The van der Waals surface area contributed by atoms with E-state index in [0.717, 1.165) is 18.4 Å². The molecule has 6 nitrogen and oxygen atoms in total. The highest BCUT2D eigenvalue weighted by Gasteiger charge is 2.45. The van der Waals surface area contributed by atoms with E-state index in [2.05, 4.69) is 25.8 Å². The zero-order valence-electron chi connectivity index (χ0n) is 9.98. The van der Waals surface area contributed by atoms with E-state index in [9.17, 15) is 9.18 Å². The maximum atomic E-state index is 13.2. The van der Waals surface area contributed by atoms with Crippen molar-refractivity contribution in [2.45, 2.75) is 18.4 Å². The smallest absolute Gasteiger partial charge is 0.322 e. The van der Waals surface area contributed by atoms with Crippen LogP contribution in [0.5, 0.6) is 0 Å². The topological polar surface area (TPSA) is 82.7 Å². The van der Waals surface area contributed by atoms with Gasteiger partial charge in [-0.1, -0.05) is 12.1 Å². The number of nitrogens with zero attached hydrogens (tertiary/aromatic N) is 2. The number of urea groups is 1. The second-order valence-corrected chi connectivity index (χ2v) is 4.51. The number of carbonyl (C=O) groups is 1. The van der Waals surface area contributed by atoms with E-state index in [4.69, 9.17) is 0 Å². The highest BCUT2D eigenvalue weighted by molar-refractivity contribution is 5.88. The van der Waals surface area contributed by atoms with Gasteiger partial charge >= 0.3 is 6.03 Å². The number of aromatic nitrogens is 3. The second kappa shape index (κ2) is 4.34. The first-order valence-electron chi connectivity index (χ1n) is 5.89. The Hall–Kier alpha value is -2.44. The summed E-state index contributed by atoms with van der Waals surface area (Å²) in [5.41, 5.74) is 0.312. The lowest BCUT2D eigenvalue weighted by atomic mass is 10.1. The molecule has 1 fully saturated rings. The van der Waals surface area contributed by atoms with E-state index in [1.807, 2.05) is 6.07 Å². The average molecular weight is 261 g/mol. The molecule has 7 heteroatoms. The molecule has 1 aliphatic carbocycles. The molecule has 0 saturated heterocycles. The number of rotatable bonds is 3. The van der Waals surface area contributed by atoms with Crippen LogP contribution in [0.2, 0.25) is 0 Å². The Morgan fingerprint density at radius 2 is 2.26 bits per heavy atom. The van der Waals surface area contributed by atoms with Gasteiger partial charge in [0.1, 0.15) is 12.1 Å². The Labute approximate surface area is 108 Å². The zero-order valence-corrected chi connectivity index (χ0v) is 9.98. The number of benzene rings is 1. The molecule has 3 rings (SSSR count). The van der Waals surface area contributed by atoms with Gasteiger partial charge in [0.25, 0.3) is 0 Å². The van der Waals surface area contributed by atoms with Crippen LogP contribution in [0.3, 0.4) is 0 Å². The molecule has 1 aromatic carbocycles. The first-order chi connectivity index (χ1) is 9.18. The van der Waals surface area contributed by atoms with E-state index in [1.54, 1.807) is 6.07 Å². The van der Waals surface area contributed by atoms with Crippen LogP contribution in [0, 0.1) is 5.82 Å². The monoisotopic (exact) mass is 261 g/mol. The average Bonchev–Trinajstić information content (AvgIpc) is 2.97. The predicted molar refractivity (Wildman–Crippen MR) is 65.8 cm³/mol. The van der Waals surface area contributed by atoms with E-state index in [-0.39, 0.29) is 11.8 Å². The lowest BCUT2D eigenvalue weighted by Gasteiger charge is -2.17. The SMILES string of the molecule is O=C(Nc1ncn[nH]1)NC1(c2cccc(F)c2)CC1. The number of nitrogens with one attached hydrogen (secondary N) is 3. The summed E-state index contributed by atoms with van der Waals surface area (Å²) in [6.07, 6.45) is 2.88. The van der Waals surface area contributed by atoms with Crippen molar-refractivity contribution in [3.63, 3.8) is 0 Å². The molecule has 3 N–H and O–H groups in total. The van der Waals surface area contributed by atoms with Crippen LogP contribution in [-0.2, 0) is 5.54 Å². The highest BCUT2D eigenvalue weighted by Crippen LogP contribution is 2.45. The minimum Gasteiger partial charge on any atom is -0.328 e. The Bertz CT molecular complexity index is 594. The van der Waals surface area contributed by atoms with Crippen LogP contribution in [-0.4, -0.2) is 21.2 Å². The molecule has 1 heterocycles. The summed E-state index contributed by atoms with van der Waals surface area (Å²) >= 11 is 0. The van der Waals surface area contributed by atoms with Gasteiger partial charge in [-0.25, -0.2) is 14.3 Å². The molecule has 0 atom stereocenters. The second-order valence-electron chi connectivity index (χ2n) is 4.51. The van der Waals surface area contributed by atoms with Crippen LogP contribution in [0.4, 0.5) is 15.1 Å². The summed E-state index contributed by atoms with van der Waals surface area (Å²) < 4.78 is 13.2. The maximum Gasteiger partial charge on any atom is 0.322 e. The normalized spacial score (nSPS) is 15.8. The van der Waals surface area contributed by atoms with Crippen molar-refractivity contribution in [3.05, 3.63) is 42.0 Å². The summed E-state index contributed by atoms with van der Waals surface area (Å²) in [7, 11) is 0. The number of H-pyrrole nitrogens is 1. The Morgan fingerprint density at radius 3 is 2.89 bits per heavy atom. The first-order valence-corrected chi connectivity index (χ1v) is 5.89. The van der Waals surface area contributed by atoms with Crippen molar-refractivity contribution < 1.29 is 9.18 Å². The van der Waals surface area contributed by atoms with Crippen molar-refractivity contribution in [1.82, 2.24) is 20.5 Å².